The second kappa shape index (κ2) is 5.78. The van der Waals surface area contributed by atoms with E-state index in [1.807, 2.05) is 25.1 Å². The zero-order chi connectivity index (χ0) is 14.7. The molecule has 0 amide bonds. The molecule has 2 aromatic rings. The quantitative estimate of drug-likeness (QED) is 0.855. The van der Waals surface area contributed by atoms with E-state index < -0.39 is 5.97 Å². The summed E-state index contributed by atoms with van der Waals surface area (Å²) >= 11 is 0. The molecule has 3 heteroatoms. The first kappa shape index (κ1) is 14.1. The highest BCUT2D eigenvalue weighted by Gasteiger charge is 2.10. The molecule has 0 radical (unpaired) electrons. The molecule has 2 aromatic carbocycles. The van der Waals surface area contributed by atoms with Crippen molar-refractivity contribution >= 4 is 17.3 Å². The zero-order valence-electron chi connectivity index (χ0n) is 12.0. The van der Waals surface area contributed by atoms with Gasteiger partial charge in [0.15, 0.2) is 0 Å². The van der Waals surface area contributed by atoms with Crippen molar-refractivity contribution in [1.29, 1.82) is 0 Å². The Morgan fingerprint density at radius 2 is 1.90 bits per heavy atom. The van der Waals surface area contributed by atoms with Crippen LogP contribution in [0.3, 0.4) is 0 Å². The van der Waals surface area contributed by atoms with E-state index in [4.69, 9.17) is 0 Å². The highest BCUT2D eigenvalue weighted by atomic mass is 16.4. The first-order chi connectivity index (χ1) is 9.47. The highest BCUT2D eigenvalue weighted by Crippen LogP contribution is 2.25. The van der Waals surface area contributed by atoms with E-state index in [1.54, 1.807) is 12.1 Å². The smallest absolute Gasteiger partial charge is 0.337 e. The summed E-state index contributed by atoms with van der Waals surface area (Å²) in [4.78, 5) is 11.3. The maximum Gasteiger partial charge on any atom is 0.337 e. The second-order valence-electron chi connectivity index (χ2n) is 5.26. The van der Waals surface area contributed by atoms with Crippen molar-refractivity contribution in [1.82, 2.24) is 0 Å². The molecule has 20 heavy (non-hydrogen) atoms. The van der Waals surface area contributed by atoms with Crippen molar-refractivity contribution in [3.05, 3.63) is 59.2 Å². The van der Waals surface area contributed by atoms with Gasteiger partial charge in [0.2, 0.25) is 0 Å². The minimum absolute atomic E-state index is 0.292. The molecular weight excluding hydrogens is 250 g/mol. The Hall–Kier alpha value is -2.29. The number of hydrogen-bond acceptors (Lipinski definition) is 2. The number of aromatic carboxylic acids is 1. The van der Waals surface area contributed by atoms with Gasteiger partial charge in [-0.2, -0.15) is 0 Å². The van der Waals surface area contributed by atoms with Crippen molar-refractivity contribution in [3.63, 3.8) is 0 Å². The van der Waals surface area contributed by atoms with Gasteiger partial charge in [0.05, 0.1) is 11.3 Å². The van der Waals surface area contributed by atoms with Gasteiger partial charge in [-0.25, -0.2) is 4.79 Å². The van der Waals surface area contributed by atoms with Gasteiger partial charge in [-0.1, -0.05) is 37.6 Å². The number of carbonyl (C=O) groups is 1. The lowest BCUT2D eigenvalue weighted by atomic mass is 10.0. The average Bonchev–Trinajstić information content (AvgIpc) is 2.41. The Labute approximate surface area is 119 Å². The minimum atomic E-state index is -0.920. The lowest BCUT2D eigenvalue weighted by Crippen LogP contribution is -2.03. The fourth-order valence-corrected chi connectivity index (χ4v) is 2.08. The van der Waals surface area contributed by atoms with Crippen molar-refractivity contribution < 1.29 is 9.90 Å². The maximum absolute atomic E-state index is 11.3. The summed E-state index contributed by atoms with van der Waals surface area (Å²) in [5, 5.41) is 12.5. The van der Waals surface area contributed by atoms with Crippen LogP contribution in [0, 0.1) is 6.92 Å². The Morgan fingerprint density at radius 3 is 2.55 bits per heavy atom. The third-order valence-electron chi connectivity index (χ3n) is 3.24. The summed E-state index contributed by atoms with van der Waals surface area (Å²) in [6.45, 7) is 6.15. The fourth-order valence-electron chi connectivity index (χ4n) is 2.08. The largest absolute Gasteiger partial charge is 0.478 e. The fraction of sp³-hybridized carbons (Fsp3) is 0.235. The normalized spacial score (nSPS) is 10.6. The van der Waals surface area contributed by atoms with Crippen LogP contribution in [-0.2, 0) is 0 Å². The van der Waals surface area contributed by atoms with Crippen LogP contribution in [-0.4, -0.2) is 11.1 Å². The van der Waals surface area contributed by atoms with Crippen LogP contribution in [0.2, 0.25) is 0 Å². The molecule has 0 aromatic heterocycles. The molecule has 3 nitrogen and oxygen atoms in total. The molecule has 0 bridgehead atoms. The van der Waals surface area contributed by atoms with Gasteiger partial charge < -0.3 is 10.4 Å². The summed E-state index contributed by atoms with van der Waals surface area (Å²) in [5.41, 5.74) is 3.97. The van der Waals surface area contributed by atoms with Crippen LogP contribution in [0.1, 0.15) is 41.3 Å². The molecule has 0 aliphatic heterocycles. The Balaban J connectivity index is 2.35. The summed E-state index contributed by atoms with van der Waals surface area (Å²) in [5.74, 6) is -0.482. The van der Waals surface area contributed by atoms with Crippen LogP contribution in [0.15, 0.2) is 42.5 Å². The predicted molar refractivity (Wildman–Crippen MR) is 82.0 cm³/mol. The van der Waals surface area contributed by atoms with Gasteiger partial charge in [-0.3, -0.25) is 0 Å². The molecule has 0 heterocycles. The molecule has 2 rings (SSSR count). The molecule has 0 aliphatic carbocycles. The molecule has 104 valence electrons. The van der Waals surface area contributed by atoms with Crippen molar-refractivity contribution in [2.75, 3.05) is 5.32 Å². The standard InChI is InChI=1S/C17H19NO2/c1-11(2)13-5-4-6-14(10-13)18-16-8-7-12(3)9-15(16)17(19)20/h4-11,18H,1-3H3,(H,19,20). The molecule has 0 saturated heterocycles. The number of hydrogen-bond donors (Lipinski definition) is 2. The van der Waals surface area contributed by atoms with Crippen LogP contribution in [0.25, 0.3) is 0 Å². The van der Waals surface area contributed by atoms with E-state index in [0.29, 0.717) is 17.2 Å². The van der Waals surface area contributed by atoms with Gasteiger partial charge in [-0.15, -0.1) is 0 Å². The molecule has 0 saturated carbocycles. The maximum atomic E-state index is 11.3. The number of benzene rings is 2. The first-order valence-corrected chi connectivity index (χ1v) is 6.68. The van der Waals surface area contributed by atoms with Crippen LogP contribution < -0.4 is 5.32 Å². The number of aryl methyl sites for hydroxylation is 1. The van der Waals surface area contributed by atoms with E-state index >= 15 is 0 Å². The van der Waals surface area contributed by atoms with E-state index in [-0.39, 0.29) is 0 Å². The first-order valence-electron chi connectivity index (χ1n) is 6.68. The van der Waals surface area contributed by atoms with Crippen molar-refractivity contribution in [2.24, 2.45) is 0 Å². The Bertz CT molecular complexity index is 633. The lowest BCUT2D eigenvalue weighted by Gasteiger charge is -2.12. The molecule has 2 N–H and O–H groups in total. The number of nitrogens with one attached hydrogen (secondary N) is 1. The van der Waals surface area contributed by atoms with E-state index in [2.05, 4.69) is 31.3 Å². The van der Waals surface area contributed by atoms with Crippen LogP contribution in [0.4, 0.5) is 11.4 Å². The molecule has 0 atom stereocenters. The second-order valence-corrected chi connectivity index (χ2v) is 5.26. The highest BCUT2D eigenvalue weighted by molar-refractivity contribution is 5.95. The summed E-state index contributed by atoms with van der Waals surface area (Å²) < 4.78 is 0. The third-order valence-corrected chi connectivity index (χ3v) is 3.24. The number of carboxylic acid groups (broad SMARTS) is 1. The molecule has 0 fully saturated rings. The molecule has 0 spiro atoms. The van der Waals surface area contributed by atoms with Crippen LogP contribution >= 0.6 is 0 Å². The van der Waals surface area contributed by atoms with Gasteiger partial charge in [-0.05, 0) is 42.7 Å². The lowest BCUT2D eigenvalue weighted by molar-refractivity contribution is 0.0698. The van der Waals surface area contributed by atoms with E-state index in [1.165, 1.54) is 5.56 Å². The zero-order valence-corrected chi connectivity index (χ0v) is 12.0. The molecule has 0 unspecified atom stereocenters. The monoisotopic (exact) mass is 269 g/mol. The van der Waals surface area contributed by atoms with E-state index in [9.17, 15) is 9.90 Å². The van der Waals surface area contributed by atoms with Crippen molar-refractivity contribution in [3.8, 4) is 0 Å². The average molecular weight is 269 g/mol. The van der Waals surface area contributed by atoms with Gasteiger partial charge in [0, 0.05) is 5.69 Å². The van der Waals surface area contributed by atoms with Gasteiger partial charge >= 0.3 is 5.97 Å². The van der Waals surface area contributed by atoms with E-state index in [0.717, 1.165) is 11.3 Å². The number of rotatable bonds is 4. The topological polar surface area (TPSA) is 49.3 Å². The summed E-state index contributed by atoms with van der Waals surface area (Å²) in [7, 11) is 0. The van der Waals surface area contributed by atoms with Crippen LogP contribution in [0.5, 0.6) is 0 Å². The summed E-state index contributed by atoms with van der Waals surface area (Å²) in [6, 6.07) is 13.4. The Morgan fingerprint density at radius 1 is 1.15 bits per heavy atom. The molecular formula is C17H19NO2. The Kier molecular flexibility index (Phi) is 4.08. The minimum Gasteiger partial charge on any atom is -0.478 e. The number of anilines is 2. The van der Waals surface area contributed by atoms with Crippen molar-refractivity contribution in [2.45, 2.75) is 26.7 Å². The van der Waals surface area contributed by atoms with Gasteiger partial charge in [0.25, 0.3) is 0 Å². The summed E-state index contributed by atoms with van der Waals surface area (Å²) in [6.07, 6.45) is 0. The molecule has 0 aliphatic rings. The third kappa shape index (κ3) is 3.18. The number of carboxylic acids is 1. The van der Waals surface area contributed by atoms with Gasteiger partial charge in [0.1, 0.15) is 0 Å². The SMILES string of the molecule is Cc1ccc(Nc2cccc(C(C)C)c2)c(C(=O)O)c1. The predicted octanol–water partition coefficient (Wildman–Crippen LogP) is 4.56.